The fourth-order valence-corrected chi connectivity index (χ4v) is 3.32. The molecule has 2 aromatic carbocycles. The SMILES string of the molecule is O=C(Cn1c(=O)n(Cc2ccc(F)cc2)c(=O)c2ncccc21)Nc1ccc([N+](=O)[O-])cc1. The van der Waals surface area contributed by atoms with E-state index in [1.54, 1.807) is 0 Å². The molecule has 1 amide bonds. The number of nitro groups is 1. The highest BCUT2D eigenvalue weighted by Crippen LogP contribution is 2.15. The number of halogens is 1. The van der Waals surface area contributed by atoms with Crippen LogP contribution in [-0.4, -0.2) is 24.9 Å². The zero-order chi connectivity index (χ0) is 23.5. The maximum absolute atomic E-state index is 13.2. The molecule has 0 unspecified atom stereocenters. The van der Waals surface area contributed by atoms with Gasteiger partial charge in [-0.3, -0.25) is 28.8 Å². The first-order valence-corrected chi connectivity index (χ1v) is 9.70. The van der Waals surface area contributed by atoms with Gasteiger partial charge in [0.1, 0.15) is 12.4 Å². The second kappa shape index (κ2) is 8.83. The Bertz CT molecular complexity index is 1480. The summed E-state index contributed by atoms with van der Waals surface area (Å²) < 4.78 is 15.3. The summed E-state index contributed by atoms with van der Waals surface area (Å²) >= 11 is 0. The van der Waals surface area contributed by atoms with E-state index in [9.17, 15) is 28.9 Å². The minimum atomic E-state index is -0.733. The number of fused-ring (bicyclic) bond motifs is 1. The van der Waals surface area contributed by atoms with E-state index in [4.69, 9.17) is 0 Å². The number of non-ortho nitro benzene ring substituents is 1. The van der Waals surface area contributed by atoms with Crippen molar-refractivity contribution in [3.63, 3.8) is 0 Å². The number of carbonyl (C=O) groups is 1. The van der Waals surface area contributed by atoms with E-state index in [1.165, 1.54) is 66.9 Å². The molecule has 4 aromatic rings. The van der Waals surface area contributed by atoms with Crippen LogP contribution < -0.4 is 16.6 Å². The fourth-order valence-electron chi connectivity index (χ4n) is 3.32. The highest BCUT2D eigenvalue weighted by Gasteiger charge is 2.17. The number of pyridine rings is 1. The Labute approximate surface area is 184 Å². The lowest BCUT2D eigenvalue weighted by Crippen LogP contribution is -2.42. The maximum Gasteiger partial charge on any atom is 0.332 e. The lowest BCUT2D eigenvalue weighted by atomic mass is 10.2. The molecule has 0 radical (unpaired) electrons. The van der Waals surface area contributed by atoms with Crippen LogP contribution in [-0.2, 0) is 17.9 Å². The topological polar surface area (TPSA) is 129 Å². The molecule has 0 fully saturated rings. The summed E-state index contributed by atoms with van der Waals surface area (Å²) in [5.74, 6) is -1.03. The molecule has 0 aliphatic heterocycles. The molecular formula is C22H16FN5O5. The van der Waals surface area contributed by atoms with Crippen molar-refractivity contribution in [3.8, 4) is 0 Å². The molecule has 4 rings (SSSR count). The smallest absolute Gasteiger partial charge is 0.325 e. The predicted molar refractivity (Wildman–Crippen MR) is 117 cm³/mol. The van der Waals surface area contributed by atoms with Crippen LogP contribution >= 0.6 is 0 Å². The van der Waals surface area contributed by atoms with Gasteiger partial charge >= 0.3 is 5.69 Å². The second-order valence-electron chi connectivity index (χ2n) is 7.11. The van der Waals surface area contributed by atoms with Gasteiger partial charge in [-0.25, -0.2) is 14.2 Å². The zero-order valence-electron chi connectivity index (χ0n) is 17.0. The molecule has 1 N–H and O–H groups in total. The van der Waals surface area contributed by atoms with Gasteiger partial charge < -0.3 is 5.32 Å². The van der Waals surface area contributed by atoms with Gasteiger partial charge in [0.2, 0.25) is 5.91 Å². The van der Waals surface area contributed by atoms with Crippen molar-refractivity contribution >= 4 is 28.3 Å². The Morgan fingerprint density at radius 3 is 2.39 bits per heavy atom. The summed E-state index contributed by atoms with van der Waals surface area (Å²) in [7, 11) is 0. The third kappa shape index (κ3) is 4.51. The standard InChI is InChI=1S/C22H16FN5O5/c23-15-5-3-14(4-6-15)12-27-21(30)20-18(2-1-11-24-20)26(22(27)31)13-19(29)25-16-7-9-17(10-8-16)28(32)33/h1-11H,12-13H2,(H,25,29). The van der Waals surface area contributed by atoms with Crippen molar-refractivity contribution in [3.05, 3.63) is 109 Å². The Hall–Kier alpha value is -4.67. The molecule has 0 atom stereocenters. The fraction of sp³-hybridized carbons (Fsp3) is 0.0909. The third-order valence-electron chi connectivity index (χ3n) is 4.90. The van der Waals surface area contributed by atoms with Gasteiger partial charge in [-0.15, -0.1) is 0 Å². The Balaban J connectivity index is 1.69. The molecule has 0 aliphatic rings. The van der Waals surface area contributed by atoms with Gasteiger partial charge in [-0.1, -0.05) is 12.1 Å². The quantitative estimate of drug-likeness (QED) is 0.355. The molecule has 0 bridgehead atoms. The molecule has 2 heterocycles. The first kappa shape index (κ1) is 21.6. The minimum Gasteiger partial charge on any atom is -0.325 e. The number of amides is 1. The minimum absolute atomic E-state index is 0.00217. The Kier molecular flexibility index (Phi) is 5.77. The van der Waals surface area contributed by atoms with Crippen molar-refractivity contribution < 1.29 is 14.1 Å². The number of carbonyl (C=O) groups excluding carboxylic acids is 1. The van der Waals surface area contributed by atoms with E-state index < -0.39 is 34.4 Å². The van der Waals surface area contributed by atoms with Crippen molar-refractivity contribution in [2.24, 2.45) is 0 Å². The highest BCUT2D eigenvalue weighted by atomic mass is 19.1. The summed E-state index contributed by atoms with van der Waals surface area (Å²) in [6, 6.07) is 13.6. The van der Waals surface area contributed by atoms with Crippen LogP contribution in [0.3, 0.4) is 0 Å². The summed E-state index contributed by atoms with van der Waals surface area (Å²) in [5, 5.41) is 13.3. The summed E-state index contributed by atoms with van der Waals surface area (Å²) in [5.41, 5.74) is -0.484. The van der Waals surface area contributed by atoms with E-state index in [-0.39, 0.29) is 23.3 Å². The number of nitrogens with one attached hydrogen (secondary N) is 1. The third-order valence-corrected chi connectivity index (χ3v) is 4.90. The molecule has 0 spiro atoms. The summed E-state index contributed by atoms with van der Waals surface area (Å²) in [6.07, 6.45) is 1.40. The number of rotatable bonds is 6. The van der Waals surface area contributed by atoms with Gasteiger partial charge in [0, 0.05) is 24.0 Å². The van der Waals surface area contributed by atoms with Gasteiger partial charge in [-0.05, 0) is 42.0 Å². The van der Waals surface area contributed by atoms with Crippen LogP contribution in [0.25, 0.3) is 11.0 Å². The Morgan fingerprint density at radius 2 is 1.73 bits per heavy atom. The Morgan fingerprint density at radius 1 is 1.03 bits per heavy atom. The molecular weight excluding hydrogens is 433 g/mol. The molecule has 0 aliphatic carbocycles. The molecule has 0 saturated heterocycles. The largest absolute Gasteiger partial charge is 0.332 e. The van der Waals surface area contributed by atoms with Crippen LogP contribution in [0.4, 0.5) is 15.8 Å². The van der Waals surface area contributed by atoms with Crippen molar-refractivity contribution in [1.29, 1.82) is 0 Å². The van der Waals surface area contributed by atoms with Gasteiger partial charge in [0.25, 0.3) is 11.2 Å². The molecule has 11 heteroatoms. The van der Waals surface area contributed by atoms with Gasteiger partial charge in [0.05, 0.1) is 17.0 Å². The molecule has 166 valence electrons. The second-order valence-corrected chi connectivity index (χ2v) is 7.11. The number of hydrogen-bond donors (Lipinski definition) is 1. The van der Waals surface area contributed by atoms with Crippen LogP contribution in [0.1, 0.15) is 5.56 Å². The summed E-state index contributed by atoms with van der Waals surface area (Å²) in [6.45, 7) is -0.559. The number of benzene rings is 2. The van der Waals surface area contributed by atoms with Crippen LogP contribution in [0.5, 0.6) is 0 Å². The first-order valence-electron chi connectivity index (χ1n) is 9.70. The van der Waals surface area contributed by atoms with Gasteiger partial charge in [-0.2, -0.15) is 0 Å². The van der Waals surface area contributed by atoms with Gasteiger partial charge in [0.15, 0.2) is 5.52 Å². The lowest BCUT2D eigenvalue weighted by Gasteiger charge is -2.14. The van der Waals surface area contributed by atoms with E-state index in [2.05, 4.69) is 10.3 Å². The van der Waals surface area contributed by atoms with Crippen molar-refractivity contribution in [1.82, 2.24) is 14.1 Å². The molecule has 2 aromatic heterocycles. The first-order chi connectivity index (χ1) is 15.8. The van der Waals surface area contributed by atoms with E-state index in [1.807, 2.05) is 0 Å². The lowest BCUT2D eigenvalue weighted by molar-refractivity contribution is -0.384. The zero-order valence-corrected chi connectivity index (χ0v) is 17.0. The molecule has 33 heavy (non-hydrogen) atoms. The maximum atomic E-state index is 13.2. The van der Waals surface area contributed by atoms with E-state index in [0.29, 0.717) is 11.3 Å². The monoisotopic (exact) mass is 449 g/mol. The molecule has 0 saturated carbocycles. The van der Waals surface area contributed by atoms with Crippen LogP contribution in [0, 0.1) is 15.9 Å². The average molecular weight is 449 g/mol. The normalized spacial score (nSPS) is 10.8. The number of anilines is 1. The number of nitro benzene ring substituents is 1. The molecule has 10 nitrogen and oxygen atoms in total. The average Bonchev–Trinajstić information content (AvgIpc) is 2.81. The number of hydrogen-bond acceptors (Lipinski definition) is 6. The number of nitrogens with zero attached hydrogens (tertiary/aromatic N) is 4. The highest BCUT2D eigenvalue weighted by molar-refractivity contribution is 5.91. The van der Waals surface area contributed by atoms with Crippen molar-refractivity contribution in [2.45, 2.75) is 13.1 Å². The van der Waals surface area contributed by atoms with E-state index in [0.717, 1.165) is 9.13 Å². The summed E-state index contributed by atoms with van der Waals surface area (Å²) in [4.78, 5) is 53.0. The van der Waals surface area contributed by atoms with Crippen LogP contribution in [0.15, 0.2) is 76.4 Å². The van der Waals surface area contributed by atoms with Crippen LogP contribution in [0.2, 0.25) is 0 Å². The van der Waals surface area contributed by atoms with E-state index >= 15 is 0 Å². The number of aromatic nitrogens is 3. The predicted octanol–water partition coefficient (Wildman–Crippen LogP) is 2.29. The van der Waals surface area contributed by atoms with Crippen molar-refractivity contribution in [2.75, 3.05) is 5.32 Å².